The average Bonchev–Trinajstić information content (AvgIpc) is 2.97. The predicted octanol–water partition coefficient (Wildman–Crippen LogP) is 6.91. The Bertz CT molecular complexity index is 1170. The predicted molar refractivity (Wildman–Crippen MR) is 119 cm³/mol. The van der Waals surface area contributed by atoms with Gasteiger partial charge in [-0.15, -0.1) is 0 Å². The normalized spacial score (nSPS) is 13.8. The van der Waals surface area contributed by atoms with E-state index in [-0.39, 0.29) is 5.41 Å². The first kappa shape index (κ1) is 16.8. The van der Waals surface area contributed by atoms with E-state index in [9.17, 15) is 0 Å². The molecule has 0 bridgehead atoms. The molecule has 1 nitrogen and oxygen atoms in total. The molecule has 136 valence electrons. The third-order valence-electron chi connectivity index (χ3n) is 6.06. The molecule has 2 N–H and O–H groups in total. The molecule has 5 rings (SSSR count). The van der Waals surface area contributed by atoms with Gasteiger partial charge in [0.2, 0.25) is 0 Å². The smallest absolute Gasteiger partial charge is 0.0441 e. The number of hydrogen-bond donors (Lipinski definition) is 1. The van der Waals surface area contributed by atoms with E-state index in [0.717, 1.165) is 16.8 Å². The summed E-state index contributed by atoms with van der Waals surface area (Å²) < 4.78 is 0. The van der Waals surface area contributed by atoms with Crippen molar-refractivity contribution < 1.29 is 0 Å². The molecule has 1 heteroatoms. The Kier molecular flexibility index (Phi) is 3.67. The fourth-order valence-corrected chi connectivity index (χ4v) is 4.64. The van der Waals surface area contributed by atoms with Crippen molar-refractivity contribution in [3.05, 3.63) is 102 Å². The van der Waals surface area contributed by atoms with Crippen LogP contribution in [0.4, 0.5) is 5.69 Å². The van der Waals surface area contributed by atoms with Gasteiger partial charge in [0.05, 0.1) is 0 Å². The van der Waals surface area contributed by atoms with Gasteiger partial charge < -0.3 is 5.73 Å². The van der Waals surface area contributed by atoms with Crippen LogP contribution >= 0.6 is 0 Å². The molecule has 0 amide bonds. The van der Waals surface area contributed by atoms with Gasteiger partial charge in [-0.2, -0.15) is 0 Å². The fraction of sp³-hybridized carbons (Fsp3) is 0.111. The number of anilines is 1. The third kappa shape index (κ3) is 2.40. The highest BCUT2D eigenvalue weighted by molar-refractivity contribution is 5.92. The standard InChI is InChI=1S/C27H23N/c1-27(2)24-11-7-6-10-22(24)23-17-16-21(26(28)25(23)27)20-14-12-19(13-15-20)18-8-4-3-5-9-18/h3-17H,28H2,1-2H3. The van der Waals surface area contributed by atoms with Crippen molar-refractivity contribution in [2.75, 3.05) is 5.73 Å². The van der Waals surface area contributed by atoms with Crippen molar-refractivity contribution in [3.8, 4) is 33.4 Å². The molecule has 0 saturated carbocycles. The number of nitrogens with two attached hydrogens (primary N) is 1. The Labute approximate surface area is 166 Å². The van der Waals surface area contributed by atoms with Gasteiger partial charge in [-0.25, -0.2) is 0 Å². The van der Waals surface area contributed by atoms with Crippen LogP contribution in [0.2, 0.25) is 0 Å². The lowest BCUT2D eigenvalue weighted by Gasteiger charge is -2.24. The molecule has 0 atom stereocenters. The second kappa shape index (κ2) is 6.10. The third-order valence-corrected chi connectivity index (χ3v) is 6.06. The first-order valence-corrected chi connectivity index (χ1v) is 9.76. The first-order valence-electron chi connectivity index (χ1n) is 9.76. The van der Waals surface area contributed by atoms with Crippen LogP contribution in [0.5, 0.6) is 0 Å². The molecular formula is C27H23N. The van der Waals surface area contributed by atoms with Gasteiger partial charge in [0, 0.05) is 16.7 Å². The van der Waals surface area contributed by atoms with Crippen molar-refractivity contribution in [2.24, 2.45) is 0 Å². The molecule has 4 aromatic rings. The topological polar surface area (TPSA) is 26.0 Å². The lowest BCUT2D eigenvalue weighted by Crippen LogP contribution is -2.17. The molecule has 28 heavy (non-hydrogen) atoms. The van der Waals surface area contributed by atoms with Crippen LogP contribution in [-0.2, 0) is 5.41 Å². The molecule has 0 heterocycles. The van der Waals surface area contributed by atoms with Gasteiger partial charge in [-0.3, -0.25) is 0 Å². The number of nitrogen functional groups attached to an aromatic ring is 1. The molecule has 1 aliphatic carbocycles. The van der Waals surface area contributed by atoms with E-state index < -0.39 is 0 Å². The van der Waals surface area contributed by atoms with E-state index >= 15 is 0 Å². The highest BCUT2D eigenvalue weighted by atomic mass is 14.6. The summed E-state index contributed by atoms with van der Waals surface area (Å²) in [5.41, 5.74) is 17.5. The van der Waals surface area contributed by atoms with Crippen LogP contribution in [-0.4, -0.2) is 0 Å². The highest BCUT2D eigenvalue weighted by Gasteiger charge is 2.37. The van der Waals surface area contributed by atoms with E-state index in [1.807, 2.05) is 6.07 Å². The number of benzene rings is 4. The summed E-state index contributed by atoms with van der Waals surface area (Å²) in [5, 5.41) is 0. The molecule has 0 spiro atoms. The summed E-state index contributed by atoms with van der Waals surface area (Å²) in [6.45, 7) is 4.55. The molecule has 1 aliphatic rings. The largest absolute Gasteiger partial charge is 0.398 e. The SMILES string of the molecule is CC1(C)c2ccccc2-c2ccc(-c3ccc(-c4ccccc4)cc3)c(N)c21. The number of rotatable bonds is 2. The monoisotopic (exact) mass is 361 g/mol. The van der Waals surface area contributed by atoms with Gasteiger partial charge in [-0.05, 0) is 38.9 Å². The van der Waals surface area contributed by atoms with E-state index in [1.54, 1.807) is 0 Å². The summed E-state index contributed by atoms with van der Waals surface area (Å²) in [6, 6.07) is 32.2. The van der Waals surface area contributed by atoms with E-state index in [0.29, 0.717) is 0 Å². The minimum atomic E-state index is -0.0873. The maximum Gasteiger partial charge on any atom is 0.0441 e. The van der Waals surface area contributed by atoms with Gasteiger partial charge in [0.15, 0.2) is 0 Å². The van der Waals surface area contributed by atoms with Crippen LogP contribution in [0, 0.1) is 0 Å². The van der Waals surface area contributed by atoms with Crippen LogP contribution in [0.3, 0.4) is 0 Å². The summed E-state index contributed by atoms with van der Waals surface area (Å²) in [6.07, 6.45) is 0. The van der Waals surface area contributed by atoms with Gasteiger partial charge >= 0.3 is 0 Å². The number of fused-ring (bicyclic) bond motifs is 3. The lowest BCUT2D eigenvalue weighted by molar-refractivity contribution is 0.663. The maximum atomic E-state index is 6.77. The average molecular weight is 361 g/mol. The first-order chi connectivity index (χ1) is 13.6. The molecule has 0 saturated heterocycles. The lowest BCUT2D eigenvalue weighted by atomic mass is 9.80. The van der Waals surface area contributed by atoms with Crippen molar-refractivity contribution in [2.45, 2.75) is 19.3 Å². The maximum absolute atomic E-state index is 6.77. The fourth-order valence-electron chi connectivity index (χ4n) is 4.64. The van der Waals surface area contributed by atoms with Crippen LogP contribution in [0.1, 0.15) is 25.0 Å². The van der Waals surface area contributed by atoms with Crippen LogP contribution < -0.4 is 5.73 Å². The van der Waals surface area contributed by atoms with Crippen LogP contribution in [0.25, 0.3) is 33.4 Å². The van der Waals surface area contributed by atoms with Crippen molar-refractivity contribution in [1.82, 2.24) is 0 Å². The molecule has 4 aromatic carbocycles. The molecule has 0 aliphatic heterocycles. The Morgan fingerprint density at radius 3 is 1.86 bits per heavy atom. The zero-order valence-corrected chi connectivity index (χ0v) is 16.2. The minimum absolute atomic E-state index is 0.0873. The Morgan fingerprint density at radius 1 is 0.536 bits per heavy atom. The minimum Gasteiger partial charge on any atom is -0.398 e. The van der Waals surface area contributed by atoms with Crippen molar-refractivity contribution in [1.29, 1.82) is 0 Å². The Morgan fingerprint density at radius 2 is 1.11 bits per heavy atom. The summed E-state index contributed by atoms with van der Waals surface area (Å²) >= 11 is 0. The number of hydrogen-bond acceptors (Lipinski definition) is 1. The van der Waals surface area contributed by atoms with Crippen molar-refractivity contribution >= 4 is 5.69 Å². The molecule has 0 aromatic heterocycles. The van der Waals surface area contributed by atoms with E-state index in [1.165, 1.54) is 33.4 Å². The zero-order valence-electron chi connectivity index (χ0n) is 16.2. The van der Waals surface area contributed by atoms with Gasteiger partial charge in [0.1, 0.15) is 0 Å². The van der Waals surface area contributed by atoms with E-state index in [4.69, 9.17) is 5.73 Å². The summed E-state index contributed by atoms with van der Waals surface area (Å²) in [4.78, 5) is 0. The Balaban J connectivity index is 1.61. The molecule has 0 radical (unpaired) electrons. The molecular weight excluding hydrogens is 338 g/mol. The second-order valence-corrected chi connectivity index (χ2v) is 8.06. The quantitative estimate of drug-likeness (QED) is 0.386. The Hall–Kier alpha value is -3.32. The highest BCUT2D eigenvalue weighted by Crippen LogP contribution is 2.52. The summed E-state index contributed by atoms with van der Waals surface area (Å²) in [7, 11) is 0. The van der Waals surface area contributed by atoms with Crippen LogP contribution in [0.15, 0.2) is 91.0 Å². The molecule has 0 unspecified atom stereocenters. The van der Waals surface area contributed by atoms with Gasteiger partial charge in [0.25, 0.3) is 0 Å². The summed E-state index contributed by atoms with van der Waals surface area (Å²) in [5.74, 6) is 0. The molecule has 0 fully saturated rings. The zero-order chi connectivity index (χ0) is 19.3. The van der Waals surface area contributed by atoms with Gasteiger partial charge in [-0.1, -0.05) is 105 Å². The van der Waals surface area contributed by atoms with E-state index in [2.05, 4.69) is 98.8 Å². The van der Waals surface area contributed by atoms with Crippen molar-refractivity contribution in [3.63, 3.8) is 0 Å². The second-order valence-electron chi connectivity index (χ2n) is 8.06.